The molecule has 1 aromatic rings. The topological polar surface area (TPSA) is 76.7 Å². The number of carbonyl (C=O) groups excluding carboxylic acids is 2. The molecule has 0 aromatic heterocycles. The number of hydrogen-bond acceptors (Lipinski definition) is 5. The molecule has 7 nitrogen and oxygen atoms in total. The third-order valence-electron chi connectivity index (χ3n) is 5.81. The zero-order valence-corrected chi connectivity index (χ0v) is 15.4. The Hall–Kier alpha value is -1.96. The monoisotopic (exact) mass is 357 g/mol. The molecule has 3 fully saturated rings. The summed E-state index contributed by atoms with van der Waals surface area (Å²) in [5.74, 6) is 0.315. The highest BCUT2D eigenvalue weighted by atomic mass is 16.2. The zero-order chi connectivity index (χ0) is 18.3. The highest BCUT2D eigenvalue weighted by Gasteiger charge is 2.43. The van der Waals surface area contributed by atoms with Gasteiger partial charge in [-0.05, 0) is 39.1 Å². The Morgan fingerprint density at radius 2 is 1.96 bits per heavy atom. The summed E-state index contributed by atoms with van der Waals surface area (Å²) < 4.78 is 0. The lowest BCUT2D eigenvalue weighted by Gasteiger charge is -2.33. The Bertz CT molecular complexity index is 692. The largest absolute Gasteiger partial charge is 0.350 e. The van der Waals surface area contributed by atoms with Gasteiger partial charge in [-0.2, -0.15) is 0 Å². The molecule has 0 aliphatic carbocycles. The molecule has 4 atom stereocenters. The normalized spacial score (nSPS) is 31.9. The summed E-state index contributed by atoms with van der Waals surface area (Å²) >= 11 is 0. The van der Waals surface area contributed by atoms with Gasteiger partial charge in [-0.25, -0.2) is 5.43 Å². The van der Waals surface area contributed by atoms with Crippen molar-refractivity contribution in [1.82, 2.24) is 21.1 Å². The maximum atomic E-state index is 12.8. The molecule has 3 N–H and O–H groups in total. The quantitative estimate of drug-likeness (QED) is 0.711. The molecule has 1 aromatic carbocycles. The summed E-state index contributed by atoms with van der Waals surface area (Å²) in [7, 11) is 2.10. The average molecular weight is 357 g/mol. The molecule has 3 saturated heterocycles. The standard InChI is InChI=1S/C19H27N5O2/c1-12-3-5-14(6-4-12)24-10-13(9-17(24)25)20-19(26)18-15-11-23(2)8-7-16(15)21-22-18/h3-6,13,15-16,18,21-22H,7-11H2,1-2H3,(H,20,26). The molecular weight excluding hydrogens is 330 g/mol. The number of carbonyl (C=O) groups is 2. The van der Waals surface area contributed by atoms with E-state index in [1.807, 2.05) is 31.2 Å². The number of amides is 2. The average Bonchev–Trinajstić information content (AvgIpc) is 3.18. The van der Waals surface area contributed by atoms with Gasteiger partial charge in [-0.3, -0.25) is 15.0 Å². The Morgan fingerprint density at radius 1 is 1.19 bits per heavy atom. The number of likely N-dealkylation sites (tertiary alicyclic amines) is 1. The van der Waals surface area contributed by atoms with Gasteiger partial charge in [0.25, 0.3) is 0 Å². The van der Waals surface area contributed by atoms with E-state index in [1.54, 1.807) is 4.90 Å². The van der Waals surface area contributed by atoms with E-state index in [9.17, 15) is 9.59 Å². The van der Waals surface area contributed by atoms with Gasteiger partial charge in [0.2, 0.25) is 11.8 Å². The summed E-state index contributed by atoms with van der Waals surface area (Å²) in [6.07, 6.45) is 1.40. The van der Waals surface area contributed by atoms with Gasteiger partial charge >= 0.3 is 0 Å². The van der Waals surface area contributed by atoms with Crippen LogP contribution in [0.15, 0.2) is 24.3 Å². The van der Waals surface area contributed by atoms with Crippen molar-refractivity contribution in [1.29, 1.82) is 0 Å². The molecule has 0 saturated carbocycles. The van der Waals surface area contributed by atoms with Crippen LogP contribution in [0.2, 0.25) is 0 Å². The SMILES string of the molecule is Cc1ccc(N2CC(NC(=O)C3NNC4CCN(C)CC43)CC2=O)cc1. The summed E-state index contributed by atoms with van der Waals surface area (Å²) in [5.41, 5.74) is 8.49. The van der Waals surface area contributed by atoms with Crippen LogP contribution in [-0.4, -0.2) is 61.5 Å². The van der Waals surface area contributed by atoms with E-state index in [1.165, 1.54) is 0 Å². The lowest BCUT2D eigenvalue weighted by molar-refractivity contribution is -0.124. The first-order valence-corrected chi connectivity index (χ1v) is 9.38. The van der Waals surface area contributed by atoms with Gasteiger partial charge in [0.1, 0.15) is 6.04 Å². The van der Waals surface area contributed by atoms with Gasteiger partial charge in [-0.15, -0.1) is 0 Å². The molecular formula is C19H27N5O2. The fraction of sp³-hybridized carbons (Fsp3) is 0.579. The Balaban J connectivity index is 1.38. The van der Waals surface area contributed by atoms with Crippen LogP contribution in [0.1, 0.15) is 18.4 Å². The lowest BCUT2D eigenvalue weighted by atomic mass is 9.88. The number of hydrazine groups is 1. The van der Waals surface area contributed by atoms with E-state index in [2.05, 4.69) is 28.1 Å². The number of aryl methyl sites for hydroxylation is 1. The van der Waals surface area contributed by atoms with Crippen LogP contribution < -0.4 is 21.1 Å². The summed E-state index contributed by atoms with van der Waals surface area (Å²) in [4.78, 5) is 29.2. The van der Waals surface area contributed by atoms with Crippen molar-refractivity contribution < 1.29 is 9.59 Å². The van der Waals surface area contributed by atoms with Crippen molar-refractivity contribution >= 4 is 17.5 Å². The van der Waals surface area contributed by atoms with E-state index < -0.39 is 0 Å². The Kier molecular flexibility index (Phi) is 4.69. The minimum Gasteiger partial charge on any atom is -0.350 e. The van der Waals surface area contributed by atoms with Gasteiger partial charge < -0.3 is 15.1 Å². The number of nitrogens with zero attached hydrogens (tertiary/aromatic N) is 2. The second-order valence-corrected chi connectivity index (χ2v) is 7.84. The molecule has 4 rings (SSSR count). The molecule has 26 heavy (non-hydrogen) atoms. The Labute approximate surface area is 154 Å². The second kappa shape index (κ2) is 6.98. The van der Waals surface area contributed by atoms with Gasteiger partial charge in [0.05, 0.1) is 6.04 Å². The summed E-state index contributed by atoms with van der Waals surface area (Å²) in [6, 6.07) is 7.89. The molecule has 2 amide bonds. The van der Waals surface area contributed by atoms with E-state index >= 15 is 0 Å². The van der Waals surface area contributed by atoms with Gasteiger partial charge in [0.15, 0.2) is 0 Å². The second-order valence-electron chi connectivity index (χ2n) is 7.84. The zero-order valence-electron chi connectivity index (χ0n) is 15.4. The third kappa shape index (κ3) is 3.34. The lowest BCUT2D eigenvalue weighted by Crippen LogP contribution is -2.52. The number of rotatable bonds is 3. The van der Waals surface area contributed by atoms with Crippen molar-refractivity contribution in [2.24, 2.45) is 5.92 Å². The third-order valence-corrected chi connectivity index (χ3v) is 5.81. The summed E-state index contributed by atoms with van der Waals surface area (Å²) in [5, 5.41) is 3.09. The van der Waals surface area contributed by atoms with E-state index in [0.29, 0.717) is 19.0 Å². The van der Waals surface area contributed by atoms with Crippen molar-refractivity contribution in [3.8, 4) is 0 Å². The van der Waals surface area contributed by atoms with Crippen LogP contribution in [0.25, 0.3) is 0 Å². The maximum absolute atomic E-state index is 12.8. The number of anilines is 1. The number of benzene rings is 1. The molecule has 140 valence electrons. The van der Waals surface area contributed by atoms with Crippen molar-refractivity contribution in [2.75, 3.05) is 31.6 Å². The smallest absolute Gasteiger partial charge is 0.239 e. The molecule has 3 heterocycles. The van der Waals surface area contributed by atoms with Crippen LogP contribution in [0.3, 0.4) is 0 Å². The molecule has 7 heteroatoms. The number of hydrogen-bond donors (Lipinski definition) is 3. The van der Waals surface area contributed by atoms with Crippen LogP contribution in [0.4, 0.5) is 5.69 Å². The predicted octanol–water partition coefficient (Wildman–Crippen LogP) is 0.0132. The highest BCUT2D eigenvalue weighted by molar-refractivity contribution is 5.97. The van der Waals surface area contributed by atoms with Crippen LogP contribution in [0, 0.1) is 12.8 Å². The minimum absolute atomic E-state index is 0.0103. The minimum atomic E-state index is -0.244. The number of nitrogens with one attached hydrogen (secondary N) is 3. The van der Waals surface area contributed by atoms with Gasteiger partial charge in [-0.1, -0.05) is 17.7 Å². The number of fused-ring (bicyclic) bond motifs is 1. The Morgan fingerprint density at radius 3 is 2.73 bits per heavy atom. The molecule has 4 unspecified atom stereocenters. The van der Waals surface area contributed by atoms with E-state index in [-0.39, 0.29) is 29.8 Å². The highest BCUT2D eigenvalue weighted by Crippen LogP contribution is 2.25. The first-order valence-electron chi connectivity index (χ1n) is 9.38. The first-order chi connectivity index (χ1) is 12.5. The predicted molar refractivity (Wildman–Crippen MR) is 99.5 cm³/mol. The summed E-state index contributed by atoms with van der Waals surface area (Å²) in [6.45, 7) is 4.51. The van der Waals surface area contributed by atoms with Crippen LogP contribution >= 0.6 is 0 Å². The van der Waals surface area contributed by atoms with Crippen molar-refractivity contribution in [2.45, 2.75) is 37.9 Å². The molecule has 0 bridgehead atoms. The molecule has 0 spiro atoms. The van der Waals surface area contributed by atoms with E-state index in [0.717, 1.165) is 30.8 Å². The fourth-order valence-electron chi connectivity index (χ4n) is 4.30. The van der Waals surface area contributed by atoms with Crippen LogP contribution in [-0.2, 0) is 9.59 Å². The van der Waals surface area contributed by atoms with Crippen LogP contribution in [0.5, 0.6) is 0 Å². The van der Waals surface area contributed by atoms with E-state index in [4.69, 9.17) is 0 Å². The van der Waals surface area contributed by atoms with Crippen molar-refractivity contribution in [3.63, 3.8) is 0 Å². The molecule has 3 aliphatic rings. The first kappa shape index (κ1) is 17.5. The molecule has 0 radical (unpaired) electrons. The molecule has 3 aliphatic heterocycles. The van der Waals surface area contributed by atoms with Gasteiger partial charge in [0, 0.05) is 37.2 Å². The maximum Gasteiger partial charge on any atom is 0.239 e. The fourth-order valence-corrected chi connectivity index (χ4v) is 4.30. The number of piperidine rings is 1. The van der Waals surface area contributed by atoms with Crippen molar-refractivity contribution in [3.05, 3.63) is 29.8 Å².